The number of hydrogen-bond acceptors (Lipinski definition) is 4. The van der Waals surface area contributed by atoms with E-state index in [1.807, 2.05) is 24.3 Å². The van der Waals surface area contributed by atoms with Crippen molar-refractivity contribution in [3.8, 4) is 11.5 Å². The molecular weight excluding hydrogens is 350 g/mol. The number of phenolic OH excluding ortho intramolecular Hbond substituents is 1. The summed E-state index contributed by atoms with van der Waals surface area (Å²) in [7, 11) is 1.54. The highest BCUT2D eigenvalue weighted by Crippen LogP contribution is 2.48. The van der Waals surface area contributed by atoms with Crippen LogP contribution in [0, 0.1) is 0 Å². The van der Waals surface area contributed by atoms with Crippen molar-refractivity contribution in [1.29, 1.82) is 0 Å². The molecule has 1 aliphatic carbocycles. The molecule has 2 aliphatic rings. The van der Waals surface area contributed by atoms with Crippen molar-refractivity contribution < 1.29 is 14.6 Å². The minimum Gasteiger partial charge on any atom is -0.504 e. The van der Waals surface area contributed by atoms with Crippen molar-refractivity contribution in [2.75, 3.05) is 12.4 Å². The Balaban J connectivity index is 1.79. The van der Waals surface area contributed by atoms with Crippen LogP contribution in [0.2, 0.25) is 0 Å². The number of fused-ring (bicyclic) bond motifs is 3. The highest BCUT2D eigenvalue weighted by atomic mass is 16.5. The second-order valence-electron chi connectivity index (χ2n) is 7.41. The van der Waals surface area contributed by atoms with Gasteiger partial charge in [0.1, 0.15) is 0 Å². The number of anilines is 1. The van der Waals surface area contributed by atoms with Crippen LogP contribution in [-0.4, -0.2) is 18.0 Å². The van der Waals surface area contributed by atoms with Crippen LogP contribution < -0.4 is 10.1 Å². The summed E-state index contributed by atoms with van der Waals surface area (Å²) in [5, 5.41) is 15.9. The van der Waals surface area contributed by atoms with Gasteiger partial charge in [-0.05, 0) is 41.5 Å². The van der Waals surface area contributed by atoms with Crippen molar-refractivity contribution in [2.24, 2.45) is 0 Å². The van der Waals surface area contributed by atoms with E-state index in [1.165, 1.54) is 5.39 Å². The highest BCUT2D eigenvalue weighted by Gasteiger charge is 2.35. The Morgan fingerprint density at radius 3 is 2.79 bits per heavy atom. The molecule has 1 heterocycles. The number of benzene rings is 3. The summed E-state index contributed by atoms with van der Waals surface area (Å²) in [5.41, 5.74) is 4.98. The van der Waals surface area contributed by atoms with E-state index in [9.17, 15) is 9.90 Å². The Morgan fingerprint density at radius 2 is 1.93 bits per heavy atom. The number of carbonyl (C=O) groups is 1. The molecule has 1 atom stereocenters. The number of carbonyl (C=O) groups excluding carboxylic acids is 1. The molecule has 5 rings (SSSR count). The normalized spacial score (nSPS) is 18.5. The first kappa shape index (κ1) is 16.9. The highest BCUT2D eigenvalue weighted by molar-refractivity contribution is 6.04. The van der Waals surface area contributed by atoms with Gasteiger partial charge in [-0.2, -0.15) is 0 Å². The number of ketones is 1. The maximum atomic E-state index is 12.9. The number of nitrogens with one attached hydrogen (secondary N) is 1. The fourth-order valence-corrected chi connectivity index (χ4v) is 4.52. The van der Waals surface area contributed by atoms with Gasteiger partial charge in [-0.3, -0.25) is 4.79 Å². The zero-order chi connectivity index (χ0) is 19.3. The summed E-state index contributed by atoms with van der Waals surface area (Å²) in [6.45, 7) is 0. The number of hydrogen-bond donors (Lipinski definition) is 2. The Kier molecular flexibility index (Phi) is 3.86. The van der Waals surface area contributed by atoms with Crippen LogP contribution in [-0.2, 0) is 4.79 Å². The van der Waals surface area contributed by atoms with E-state index in [4.69, 9.17) is 4.74 Å². The van der Waals surface area contributed by atoms with Crippen LogP contribution in [0.4, 0.5) is 5.69 Å². The van der Waals surface area contributed by atoms with E-state index in [1.54, 1.807) is 13.2 Å². The summed E-state index contributed by atoms with van der Waals surface area (Å²) in [4.78, 5) is 12.9. The van der Waals surface area contributed by atoms with E-state index < -0.39 is 0 Å². The average molecular weight is 371 g/mol. The molecule has 0 spiro atoms. The minimum absolute atomic E-state index is 0.100. The second-order valence-corrected chi connectivity index (χ2v) is 7.41. The summed E-state index contributed by atoms with van der Waals surface area (Å²) < 4.78 is 5.33. The predicted octanol–water partition coefficient (Wildman–Crippen LogP) is 5.12. The van der Waals surface area contributed by atoms with Crippen LogP contribution in [0.5, 0.6) is 11.5 Å². The van der Waals surface area contributed by atoms with Crippen molar-refractivity contribution in [3.63, 3.8) is 0 Å². The molecule has 0 saturated heterocycles. The molecule has 3 aromatic rings. The third-order valence-corrected chi connectivity index (χ3v) is 5.83. The fraction of sp³-hybridized carbons (Fsp3) is 0.208. The van der Waals surface area contributed by atoms with Crippen LogP contribution in [0.15, 0.2) is 65.9 Å². The summed E-state index contributed by atoms with van der Waals surface area (Å²) >= 11 is 0. The third kappa shape index (κ3) is 2.48. The van der Waals surface area contributed by atoms with Gasteiger partial charge in [0.15, 0.2) is 17.3 Å². The Labute approximate surface area is 163 Å². The van der Waals surface area contributed by atoms with Crippen molar-refractivity contribution >= 4 is 22.2 Å². The molecule has 0 radical (unpaired) electrons. The molecular formula is C24H21NO3. The van der Waals surface area contributed by atoms with Crippen LogP contribution in [0.3, 0.4) is 0 Å². The molecule has 28 heavy (non-hydrogen) atoms. The Morgan fingerprint density at radius 1 is 1.07 bits per heavy atom. The van der Waals surface area contributed by atoms with Gasteiger partial charge in [-0.15, -0.1) is 0 Å². The average Bonchev–Trinajstić information content (AvgIpc) is 2.73. The molecule has 3 aromatic carbocycles. The Hall–Kier alpha value is -3.27. The number of allylic oxidation sites excluding steroid dienone is 2. The van der Waals surface area contributed by atoms with E-state index in [-0.39, 0.29) is 17.5 Å². The lowest BCUT2D eigenvalue weighted by Gasteiger charge is -2.35. The van der Waals surface area contributed by atoms with Crippen LogP contribution in [0.1, 0.15) is 36.3 Å². The van der Waals surface area contributed by atoms with Crippen molar-refractivity contribution in [2.45, 2.75) is 25.2 Å². The quantitative estimate of drug-likeness (QED) is 0.656. The van der Waals surface area contributed by atoms with E-state index >= 15 is 0 Å². The maximum Gasteiger partial charge on any atom is 0.161 e. The number of phenols is 1. The number of methoxy groups -OCH3 is 1. The maximum absolute atomic E-state index is 12.9. The summed E-state index contributed by atoms with van der Waals surface area (Å²) in [6.07, 6.45) is 2.32. The van der Waals surface area contributed by atoms with Crippen LogP contribution in [0.25, 0.3) is 10.8 Å². The molecule has 140 valence electrons. The zero-order valence-corrected chi connectivity index (χ0v) is 15.7. The molecule has 0 aromatic heterocycles. The van der Waals surface area contributed by atoms with Gasteiger partial charge < -0.3 is 15.2 Å². The van der Waals surface area contributed by atoms with E-state index in [0.717, 1.165) is 46.3 Å². The first-order valence-corrected chi connectivity index (χ1v) is 9.59. The molecule has 0 unspecified atom stereocenters. The number of ether oxygens (including phenoxy) is 1. The van der Waals surface area contributed by atoms with Gasteiger partial charge in [0.05, 0.1) is 12.8 Å². The van der Waals surface area contributed by atoms with Gasteiger partial charge >= 0.3 is 0 Å². The molecule has 4 heteroatoms. The first-order chi connectivity index (χ1) is 13.7. The predicted molar refractivity (Wildman–Crippen MR) is 110 cm³/mol. The number of aromatic hydroxyl groups is 1. The van der Waals surface area contributed by atoms with Crippen molar-refractivity contribution in [1.82, 2.24) is 0 Å². The van der Waals surface area contributed by atoms with Gasteiger partial charge in [-0.25, -0.2) is 0 Å². The molecule has 0 amide bonds. The smallest absolute Gasteiger partial charge is 0.161 e. The van der Waals surface area contributed by atoms with Crippen LogP contribution >= 0.6 is 0 Å². The van der Waals surface area contributed by atoms with E-state index in [0.29, 0.717) is 12.2 Å². The Bertz CT molecular complexity index is 1150. The summed E-state index contributed by atoms with van der Waals surface area (Å²) in [5.74, 6) is 0.551. The standard InChI is InChI=1S/C24H21NO3/c1-28-21-13-15(10-12-19(21)26)22-17-11-9-14-5-2-3-6-16(14)24(17)25-18-7-4-8-20(27)23(18)22/h2-3,5-6,9-13,22,25-26H,4,7-8H2,1H3/t22-/m0/s1. The minimum atomic E-state index is -0.168. The number of rotatable bonds is 2. The van der Waals surface area contributed by atoms with Gasteiger partial charge in [0, 0.05) is 29.0 Å². The van der Waals surface area contributed by atoms with Gasteiger partial charge in [0.2, 0.25) is 0 Å². The number of Topliss-reactive ketones (excluding diaryl/α,β-unsaturated/α-hetero) is 1. The molecule has 0 fully saturated rings. The largest absolute Gasteiger partial charge is 0.504 e. The lowest BCUT2D eigenvalue weighted by Crippen LogP contribution is -2.27. The zero-order valence-electron chi connectivity index (χ0n) is 15.7. The molecule has 1 aliphatic heterocycles. The topological polar surface area (TPSA) is 58.6 Å². The SMILES string of the molecule is COc1cc([C@@H]2C3=C(CCCC3=O)Nc3c2ccc2ccccc32)ccc1O. The van der Waals surface area contributed by atoms with Gasteiger partial charge in [0.25, 0.3) is 0 Å². The lowest BCUT2D eigenvalue weighted by molar-refractivity contribution is -0.116. The first-order valence-electron chi connectivity index (χ1n) is 9.59. The van der Waals surface area contributed by atoms with Crippen molar-refractivity contribution in [3.05, 3.63) is 77.0 Å². The third-order valence-electron chi connectivity index (χ3n) is 5.83. The molecule has 0 saturated carbocycles. The fourth-order valence-electron chi connectivity index (χ4n) is 4.52. The van der Waals surface area contributed by atoms with Gasteiger partial charge in [-0.1, -0.05) is 42.5 Å². The monoisotopic (exact) mass is 371 g/mol. The van der Waals surface area contributed by atoms with E-state index in [2.05, 4.69) is 29.6 Å². The summed E-state index contributed by atoms with van der Waals surface area (Å²) in [6, 6.07) is 17.9. The molecule has 2 N–H and O–H groups in total. The molecule has 4 nitrogen and oxygen atoms in total. The molecule has 0 bridgehead atoms. The lowest BCUT2D eigenvalue weighted by atomic mass is 9.75. The second kappa shape index (κ2) is 6.41.